The molecule has 2 aromatic rings. The second-order valence-electron chi connectivity index (χ2n) is 8.92. The van der Waals surface area contributed by atoms with Gasteiger partial charge in [-0.2, -0.15) is 8.42 Å². The van der Waals surface area contributed by atoms with Gasteiger partial charge in [-0.1, -0.05) is 29.3 Å². The molecular formula is C26H28O8S. The van der Waals surface area contributed by atoms with E-state index in [1.54, 1.807) is 19.1 Å². The zero-order valence-electron chi connectivity index (χ0n) is 19.9. The first-order valence-corrected chi connectivity index (χ1v) is 12.8. The van der Waals surface area contributed by atoms with Gasteiger partial charge in [0.05, 0.1) is 13.5 Å². The number of allylic oxidation sites excluding steroid dienone is 2. The highest BCUT2D eigenvalue weighted by Gasteiger charge is 2.35. The summed E-state index contributed by atoms with van der Waals surface area (Å²) in [6.07, 6.45) is 4.62. The minimum absolute atomic E-state index is 0.000641. The minimum Gasteiger partial charge on any atom is -0.496 e. The van der Waals surface area contributed by atoms with Crippen LogP contribution in [0.5, 0.6) is 11.5 Å². The largest absolute Gasteiger partial charge is 0.496 e. The smallest absolute Gasteiger partial charge is 0.342 e. The number of hydrogen-bond donors (Lipinski definition) is 1. The quantitative estimate of drug-likeness (QED) is 0.320. The second kappa shape index (κ2) is 9.73. The van der Waals surface area contributed by atoms with E-state index in [1.807, 2.05) is 13.0 Å². The molecule has 0 bridgehead atoms. The maximum absolute atomic E-state index is 13.2. The summed E-state index contributed by atoms with van der Waals surface area (Å²) in [5.41, 5.74) is 3.60. The summed E-state index contributed by atoms with van der Waals surface area (Å²) in [4.78, 5) is 23.9. The number of benzene rings is 2. The Balaban J connectivity index is 1.82. The molecule has 1 atom stereocenters. The van der Waals surface area contributed by atoms with Crippen LogP contribution in [0.1, 0.15) is 58.3 Å². The van der Waals surface area contributed by atoms with Gasteiger partial charge < -0.3 is 18.8 Å². The zero-order valence-corrected chi connectivity index (χ0v) is 20.7. The predicted octanol–water partition coefficient (Wildman–Crippen LogP) is 4.49. The van der Waals surface area contributed by atoms with Crippen molar-refractivity contribution in [2.24, 2.45) is 5.92 Å². The van der Waals surface area contributed by atoms with Crippen molar-refractivity contribution in [1.82, 2.24) is 0 Å². The van der Waals surface area contributed by atoms with E-state index in [1.165, 1.54) is 19.2 Å². The van der Waals surface area contributed by atoms with E-state index in [9.17, 15) is 23.1 Å². The monoisotopic (exact) mass is 500 g/mol. The lowest BCUT2D eigenvalue weighted by molar-refractivity contribution is -0.137. The molecule has 186 valence electrons. The maximum atomic E-state index is 13.2. The highest BCUT2D eigenvalue weighted by atomic mass is 32.2. The van der Waals surface area contributed by atoms with Crippen LogP contribution < -0.4 is 8.92 Å². The Morgan fingerprint density at radius 3 is 2.57 bits per heavy atom. The summed E-state index contributed by atoms with van der Waals surface area (Å²) in [5.74, 6) is -1.27. The molecule has 1 saturated carbocycles. The van der Waals surface area contributed by atoms with Crippen molar-refractivity contribution in [2.45, 2.75) is 57.5 Å². The number of carboxylic acids is 1. The fraction of sp³-hybridized carbons (Fsp3) is 0.385. The summed E-state index contributed by atoms with van der Waals surface area (Å²) in [7, 11) is -2.78. The number of methoxy groups -OCH3 is 1. The molecule has 4 rings (SSSR count). The third-order valence-electron chi connectivity index (χ3n) is 6.66. The molecule has 1 heterocycles. The number of ether oxygens (including phenoxy) is 2. The number of carboxylic acid groups (broad SMARTS) is 1. The molecular weight excluding hydrogens is 472 g/mol. The number of aryl methyl sites for hydroxylation is 1. The third kappa shape index (κ3) is 4.91. The molecule has 0 spiro atoms. The van der Waals surface area contributed by atoms with Gasteiger partial charge in [0, 0.05) is 11.1 Å². The molecule has 0 radical (unpaired) electrons. The van der Waals surface area contributed by atoms with Gasteiger partial charge in [-0.25, -0.2) is 4.79 Å². The van der Waals surface area contributed by atoms with E-state index in [0.717, 1.165) is 30.4 Å². The van der Waals surface area contributed by atoms with E-state index in [-0.39, 0.29) is 41.6 Å². The van der Waals surface area contributed by atoms with Gasteiger partial charge in [-0.05, 0) is 63.1 Å². The zero-order chi connectivity index (χ0) is 25.3. The van der Waals surface area contributed by atoms with Crippen LogP contribution in [0.3, 0.4) is 0 Å². The van der Waals surface area contributed by atoms with Crippen LogP contribution >= 0.6 is 0 Å². The van der Waals surface area contributed by atoms with Crippen molar-refractivity contribution in [3.8, 4) is 11.5 Å². The Bertz CT molecular complexity index is 1310. The standard InChI is InChI=1S/C26H28O8S/c1-15-7-10-19(11-8-15)35(30,31)34-25-20(12-9-17-5-4-6-18(17)13-22(27)28)24(32-3)16(2)21-14-33-26(29)23(21)25/h7-11,18H,4-6,12-14H2,1-3H3,(H,27,28). The summed E-state index contributed by atoms with van der Waals surface area (Å²) in [6.45, 7) is 3.63. The number of aliphatic carboxylic acids is 1. The highest BCUT2D eigenvalue weighted by molar-refractivity contribution is 7.87. The highest BCUT2D eigenvalue weighted by Crippen LogP contribution is 2.44. The van der Waals surface area contributed by atoms with Gasteiger partial charge in [0.2, 0.25) is 0 Å². The van der Waals surface area contributed by atoms with Gasteiger partial charge in [0.25, 0.3) is 0 Å². The minimum atomic E-state index is -4.26. The van der Waals surface area contributed by atoms with Gasteiger partial charge >= 0.3 is 22.1 Å². The van der Waals surface area contributed by atoms with Crippen LogP contribution in [0.15, 0.2) is 40.8 Å². The van der Waals surface area contributed by atoms with Crippen LogP contribution in [0.25, 0.3) is 0 Å². The van der Waals surface area contributed by atoms with Crippen LogP contribution in [0.4, 0.5) is 0 Å². The Morgan fingerprint density at radius 2 is 1.91 bits per heavy atom. The number of hydrogen-bond acceptors (Lipinski definition) is 7. The summed E-state index contributed by atoms with van der Waals surface area (Å²) >= 11 is 0. The van der Waals surface area contributed by atoms with E-state index in [4.69, 9.17) is 13.7 Å². The predicted molar refractivity (Wildman–Crippen MR) is 127 cm³/mol. The number of esters is 1. The van der Waals surface area contributed by atoms with Gasteiger partial charge in [-0.15, -0.1) is 0 Å². The van der Waals surface area contributed by atoms with Crippen molar-refractivity contribution in [3.05, 3.63) is 63.7 Å². The molecule has 1 aliphatic heterocycles. The van der Waals surface area contributed by atoms with E-state index in [0.29, 0.717) is 22.4 Å². The van der Waals surface area contributed by atoms with Crippen LogP contribution in [-0.2, 0) is 32.7 Å². The molecule has 0 saturated heterocycles. The molecule has 1 unspecified atom stereocenters. The molecule has 2 aromatic carbocycles. The fourth-order valence-electron chi connectivity index (χ4n) is 4.85. The molecule has 0 aromatic heterocycles. The molecule has 8 nitrogen and oxygen atoms in total. The summed E-state index contributed by atoms with van der Waals surface area (Å²) in [5, 5.41) is 9.24. The average molecular weight is 501 g/mol. The lowest BCUT2D eigenvalue weighted by Crippen LogP contribution is -2.15. The summed E-state index contributed by atoms with van der Waals surface area (Å²) < 4.78 is 42.9. The number of rotatable bonds is 8. The maximum Gasteiger partial charge on any atom is 0.342 e. The van der Waals surface area contributed by atoms with Crippen LogP contribution in [0, 0.1) is 19.8 Å². The fourth-order valence-corrected chi connectivity index (χ4v) is 5.82. The first kappa shape index (κ1) is 24.8. The lowest BCUT2D eigenvalue weighted by Gasteiger charge is -2.19. The Hall–Kier alpha value is -3.33. The van der Waals surface area contributed by atoms with Crippen LogP contribution in [-0.4, -0.2) is 32.6 Å². The SMILES string of the molecule is COc1c(C)c2c(c(OS(=O)(=O)c3ccc(C)cc3)c1CC=C1CCCC1CC(=O)O)C(=O)OC2. The van der Waals surface area contributed by atoms with Crippen LogP contribution in [0.2, 0.25) is 0 Å². The first-order chi connectivity index (χ1) is 16.6. The lowest BCUT2D eigenvalue weighted by atomic mass is 9.93. The Morgan fingerprint density at radius 1 is 1.20 bits per heavy atom. The van der Waals surface area contributed by atoms with Crippen molar-refractivity contribution in [2.75, 3.05) is 7.11 Å². The molecule has 1 fully saturated rings. The number of carbonyl (C=O) groups excluding carboxylic acids is 1. The molecule has 1 N–H and O–H groups in total. The topological polar surface area (TPSA) is 116 Å². The van der Waals surface area contributed by atoms with Crippen molar-refractivity contribution in [1.29, 1.82) is 0 Å². The molecule has 35 heavy (non-hydrogen) atoms. The van der Waals surface area contributed by atoms with Gasteiger partial charge in [0.15, 0.2) is 5.75 Å². The van der Waals surface area contributed by atoms with E-state index in [2.05, 4.69) is 0 Å². The third-order valence-corrected chi connectivity index (χ3v) is 7.90. The molecule has 2 aliphatic rings. The van der Waals surface area contributed by atoms with E-state index >= 15 is 0 Å². The number of carbonyl (C=O) groups is 2. The number of cyclic esters (lactones) is 1. The number of fused-ring (bicyclic) bond motifs is 1. The van der Waals surface area contributed by atoms with Crippen molar-refractivity contribution >= 4 is 22.1 Å². The summed E-state index contributed by atoms with van der Waals surface area (Å²) in [6, 6.07) is 6.23. The molecule has 0 amide bonds. The second-order valence-corrected chi connectivity index (χ2v) is 10.5. The first-order valence-electron chi connectivity index (χ1n) is 11.4. The van der Waals surface area contributed by atoms with Crippen molar-refractivity contribution < 1.29 is 36.8 Å². The Labute approximate surface area is 204 Å². The van der Waals surface area contributed by atoms with E-state index < -0.39 is 22.1 Å². The van der Waals surface area contributed by atoms with Gasteiger partial charge in [-0.3, -0.25) is 4.79 Å². The van der Waals surface area contributed by atoms with Gasteiger partial charge in [0.1, 0.15) is 22.8 Å². The molecule has 1 aliphatic carbocycles. The van der Waals surface area contributed by atoms with Crippen molar-refractivity contribution in [3.63, 3.8) is 0 Å². The molecule has 9 heteroatoms. The Kier molecular flexibility index (Phi) is 6.89. The normalized spacial score (nSPS) is 18.4. The average Bonchev–Trinajstić information content (AvgIpc) is 3.40.